The van der Waals surface area contributed by atoms with Crippen LogP contribution in [-0.2, 0) is 0 Å². The number of benzene rings is 1. The number of carbonyl (C=O) groups is 1. The number of aliphatic hydroxyl groups excluding tert-OH is 1. The molecule has 3 nitrogen and oxygen atoms in total. The molecule has 0 fully saturated rings. The highest BCUT2D eigenvalue weighted by Gasteiger charge is 2.23. The summed E-state index contributed by atoms with van der Waals surface area (Å²) in [6.45, 7) is 4.34. The highest BCUT2D eigenvalue weighted by molar-refractivity contribution is 7.20. The van der Waals surface area contributed by atoms with Gasteiger partial charge in [0.15, 0.2) is 0 Å². The van der Waals surface area contributed by atoms with Crippen LogP contribution in [0, 0.1) is 5.82 Å². The molecule has 114 valence electrons. The molecule has 0 aliphatic heterocycles. The number of rotatable bonds is 6. The first-order chi connectivity index (χ1) is 10.1. The number of aliphatic hydroxyl groups is 1. The van der Waals surface area contributed by atoms with E-state index in [-0.39, 0.29) is 24.4 Å². The summed E-state index contributed by atoms with van der Waals surface area (Å²) in [5.41, 5.74) is 0. The van der Waals surface area contributed by atoms with Gasteiger partial charge in [-0.15, -0.1) is 11.3 Å². The Morgan fingerprint density at radius 2 is 2.05 bits per heavy atom. The highest BCUT2D eigenvalue weighted by Crippen LogP contribution is 2.28. The third-order valence-electron chi connectivity index (χ3n) is 3.67. The van der Waals surface area contributed by atoms with E-state index in [0.717, 1.165) is 22.9 Å². The molecule has 1 N–H and O–H groups in total. The number of halogens is 1. The van der Waals surface area contributed by atoms with E-state index in [9.17, 15) is 14.3 Å². The third kappa shape index (κ3) is 3.41. The molecule has 0 saturated heterocycles. The van der Waals surface area contributed by atoms with Crippen LogP contribution in [0.1, 0.15) is 36.4 Å². The Bertz CT molecular complexity index is 622. The molecule has 0 radical (unpaired) electrons. The summed E-state index contributed by atoms with van der Waals surface area (Å²) < 4.78 is 14.1. The molecule has 1 amide bonds. The van der Waals surface area contributed by atoms with Gasteiger partial charge in [0.25, 0.3) is 5.91 Å². The second-order valence-electron chi connectivity index (χ2n) is 4.99. The first-order valence-corrected chi connectivity index (χ1v) is 8.03. The number of carbonyl (C=O) groups excluding carboxylic acids is 1. The zero-order valence-electron chi connectivity index (χ0n) is 12.3. The Morgan fingerprint density at radius 1 is 1.33 bits per heavy atom. The second-order valence-corrected chi connectivity index (χ2v) is 6.07. The van der Waals surface area contributed by atoms with Crippen molar-refractivity contribution in [1.29, 1.82) is 0 Å². The first-order valence-electron chi connectivity index (χ1n) is 7.21. The zero-order chi connectivity index (χ0) is 15.4. The van der Waals surface area contributed by atoms with Gasteiger partial charge in [0, 0.05) is 17.3 Å². The molecule has 1 heterocycles. The summed E-state index contributed by atoms with van der Waals surface area (Å²) in [7, 11) is 0. The SMILES string of the molecule is CCC(CC)N(CCO)C(=O)c1cc2cc(F)ccc2s1. The van der Waals surface area contributed by atoms with Gasteiger partial charge in [0.1, 0.15) is 5.82 Å². The molecule has 0 saturated carbocycles. The Hall–Kier alpha value is -1.46. The maximum Gasteiger partial charge on any atom is 0.264 e. The molecule has 0 aliphatic carbocycles. The Kier molecular flexibility index (Phi) is 5.31. The number of hydrogen-bond donors (Lipinski definition) is 1. The molecule has 0 atom stereocenters. The average Bonchev–Trinajstić information content (AvgIpc) is 2.89. The van der Waals surface area contributed by atoms with E-state index in [1.165, 1.54) is 23.5 Å². The van der Waals surface area contributed by atoms with E-state index in [1.807, 2.05) is 13.8 Å². The number of fused-ring (bicyclic) bond motifs is 1. The van der Waals surface area contributed by atoms with Crippen molar-refractivity contribution in [2.45, 2.75) is 32.7 Å². The van der Waals surface area contributed by atoms with E-state index in [1.54, 1.807) is 17.0 Å². The molecule has 1 aromatic heterocycles. The predicted molar refractivity (Wildman–Crippen MR) is 84.3 cm³/mol. The van der Waals surface area contributed by atoms with E-state index in [0.29, 0.717) is 11.4 Å². The molecule has 2 rings (SSSR count). The quantitative estimate of drug-likeness (QED) is 0.884. The summed E-state index contributed by atoms with van der Waals surface area (Å²) in [5, 5.41) is 9.96. The molecule has 0 unspecified atom stereocenters. The zero-order valence-corrected chi connectivity index (χ0v) is 13.1. The average molecular weight is 309 g/mol. The van der Waals surface area contributed by atoms with Crippen LogP contribution in [0.2, 0.25) is 0 Å². The van der Waals surface area contributed by atoms with Crippen molar-refractivity contribution in [3.05, 3.63) is 35.0 Å². The fraction of sp³-hybridized carbons (Fsp3) is 0.438. The minimum absolute atomic E-state index is 0.0538. The molecule has 21 heavy (non-hydrogen) atoms. The van der Waals surface area contributed by atoms with Crippen molar-refractivity contribution in [2.24, 2.45) is 0 Å². The molecule has 0 spiro atoms. The van der Waals surface area contributed by atoms with Crippen molar-refractivity contribution in [3.63, 3.8) is 0 Å². The Balaban J connectivity index is 2.33. The lowest BCUT2D eigenvalue weighted by atomic mass is 10.1. The summed E-state index contributed by atoms with van der Waals surface area (Å²) in [5.74, 6) is -0.383. The van der Waals surface area contributed by atoms with Crippen molar-refractivity contribution in [3.8, 4) is 0 Å². The standard InChI is InChI=1S/C16H20FNO2S/c1-3-13(4-2)18(7-8-19)16(20)15-10-11-9-12(17)5-6-14(11)21-15/h5-6,9-10,13,19H,3-4,7-8H2,1-2H3. The Morgan fingerprint density at radius 3 is 2.67 bits per heavy atom. The minimum atomic E-state index is -0.300. The van der Waals surface area contributed by atoms with Crippen LogP contribution in [0.4, 0.5) is 4.39 Å². The maximum atomic E-state index is 13.2. The molecular weight excluding hydrogens is 289 g/mol. The number of nitrogens with zero attached hydrogens (tertiary/aromatic N) is 1. The monoisotopic (exact) mass is 309 g/mol. The highest BCUT2D eigenvalue weighted by atomic mass is 32.1. The minimum Gasteiger partial charge on any atom is -0.395 e. The number of hydrogen-bond acceptors (Lipinski definition) is 3. The van der Waals surface area contributed by atoms with Gasteiger partial charge in [-0.05, 0) is 42.5 Å². The van der Waals surface area contributed by atoms with E-state index in [4.69, 9.17) is 0 Å². The topological polar surface area (TPSA) is 40.5 Å². The van der Waals surface area contributed by atoms with Gasteiger partial charge in [-0.3, -0.25) is 4.79 Å². The van der Waals surface area contributed by atoms with Crippen LogP contribution >= 0.6 is 11.3 Å². The van der Waals surface area contributed by atoms with Gasteiger partial charge in [-0.1, -0.05) is 13.8 Å². The van der Waals surface area contributed by atoms with E-state index < -0.39 is 0 Å². The number of thiophene rings is 1. The maximum absolute atomic E-state index is 13.2. The summed E-state index contributed by atoms with van der Waals surface area (Å²) in [6.07, 6.45) is 1.70. The molecule has 0 bridgehead atoms. The lowest BCUT2D eigenvalue weighted by molar-refractivity contribution is 0.0627. The molecular formula is C16H20FNO2S. The van der Waals surface area contributed by atoms with E-state index in [2.05, 4.69) is 0 Å². The first kappa shape index (κ1) is 15.9. The van der Waals surface area contributed by atoms with Crippen LogP contribution in [0.15, 0.2) is 24.3 Å². The fourth-order valence-electron chi connectivity index (χ4n) is 2.55. The molecule has 1 aromatic carbocycles. The van der Waals surface area contributed by atoms with Gasteiger partial charge >= 0.3 is 0 Å². The summed E-state index contributed by atoms with van der Waals surface area (Å²) in [6, 6.07) is 6.39. The molecule has 0 aliphatic rings. The van der Waals surface area contributed by atoms with Crippen molar-refractivity contribution in [2.75, 3.05) is 13.2 Å². The smallest absolute Gasteiger partial charge is 0.264 e. The molecule has 2 aromatic rings. The normalized spacial score (nSPS) is 11.3. The second kappa shape index (κ2) is 7.00. The Labute approximate surface area is 128 Å². The number of amides is 1. The molecule has 5 heteroatoms. The largest absolute Gasteiger partial charge is 0.395 e. The van der Waals surface area contributed by atoms with Crippen molar-refractivity contribution in [1.82, 2.24) is 4.90 Å². The fourth-order valence-corrected chi connectivity index (χ4v) is 3.55. The van der Waals surface area contributed by atoms with Crippen LogP contribution in [0.3, 0.4) is 0 Å². The van der Waals surface area contributed by atoms with Crippen LogP contribution < -0.4 is 0 Å². The summed E-state index contributed by atoms with van der Waals surface area (Å²) in [4.78, 5) is 15.0. The van der Waals surface area contributed by atoms with Gasteiger partial charge < -0.3 is 10.0 Å². The lowest BCUT2D eigenvalue weighted by Crippen LogP contribution is -2.41. The predicted octanol–water partition coefficient (Wildman–Crippen LogP) is 3.66. The van der Waals surface area contributed by atoms with Crippen LogP contribution in [0.5, 0.6) is 0 Å². The van der Waals surface area contributed by atoms with Gasteiger partial charge in [-0.25, -0.2) is 4.39 Å². The van der Waals surface area contributed by atoms with Crippen molar-refractivity contribution >= 4 is 27.3 Å². The van der Waals surface area contributed by atoms with Crippen molar-refractivity contribution < 1.29 is 14.3 Å². The van der Waals surface area contributed by atoms with Gasteiger partial charge in [0.2, 0.25) is 0 Å². The summed E-state index contributed by atoms with van der Waals surface area (Å²) >= 11 is 1.37. The van der Waals surface area contributed by atoms with Gasteiger partial charge in [-0.2, -0.15) is 0 Å². The van der Waals surface area contributed by atoms with Gasteiger partial charge in [0.05, 0.1) is 11.5 Å². The lowest BCUT2D eigenvalue weighted by Gasteiger charge is -2.29. The van der Waals surface area contributed by atoms with Crippen LogP contribution in [-0.4, -0.2) is 35.1 Å². The third-order valence-corrected chi connectivity index (χ3v) is 4.78. The van der Waals surface area contributed by atoms with E-state index >= 15 is 0 Å². The van der Waals surface area contributed by atoms with Crippen LogP contribution in [0.25, 0.3) is 10.1 Å².